The van der Waals surface area contributed by atoms with Crippen molar-refractivity contribution in [1.29, 1.82) is 0 Å². The van der Waals surface area contributed by atoms with Crippen LogP contribution >= 0.6 is 0 Å². The molecule has 0 heterocycles. The summed E-state index contributed by atoms with van der Waals surface area (Å²) in [4.78, 5) is 0. The van der Waals surface area contributed by atoms with Gasteiger partial charge in [0.2, 0.25) is 0 Å². The molecule has 3 rings (SSSR count). The van der Waals surface area contributed by atoms with Gasteiger partial charge in [0.1, 0.15) is 30.5 Å². The van der Waals surface area contributed by atoms with E-state index in [2.05, 4.69) is 0 Å². The summed E-state index contributed by atoms with van der Waals surface area (Å²) in [6.45, 7) is -0.629. The Morgan fingerprint density at radius 2 is 0.914 bits per heavy atom. The molecule has 4 N–H and O–H groups in total. The van der Waals surface area contributed by atoms with Gasteiger partial charge in [-0.1, -0.05) is 91.0 Å². The highest BCUT2D eigenvalue weighted by atomic mass is 16.6. The SMILES string of the molecule is OCC(OCc1ccccc1)[C@H](O)[C@@H](OCc1ccccc1)[C@H](OCc1ccccc1)[C@H](O)CO. The molecule has 0 aromatic heterocycles. The van der Waals surface area contributed by atoms with Gasteiger partial charge >= 0.3 is 0 Å². The lowest BCUT2D eigenvalue weighted by Gasteiger charge is -2.36. The fraction of sp³-hybridized carbons (Fsp3) is 0.357. The number of aliphatic hydroxyl groups is 4. The van der Waals surface area contributed by atoms with Crippen LogP contribution in [0.1, 0.15) is 16.7 Å². The van der Waals surface area contributed by atoms with Crippen LogP contribution in [0.2, 0.25) is 0 Å². The normalized spacial score (nSPS) is 15.8. The largest absolute Gasteiger partial charge is 0.394 e. The van der Waals surface area contributed by atoms with E-state index in [1.165, 1.54) is 0 Å². The standard InChI is InChI=1S/C28H34O7/c29-16-24(31)27(34-19-22-12-6-2-7-13-22)28(35-20-23-14-8-3-9-15-23)26(32)25(17-30)33-18-21-10-4-1-5-11-21/h1-15,24-32H,16-20H2/t24-,25?,26+,27-,28-/m1/s1. The molecule has 5 atom stereocenters. The molecule has 0 saturated carbocycles. The fourth-order valence-electron chi connectivity index (χ4n) is 3.70. The Labute approximate surface area is 206 Å². The molecule has 0 saturated heterocycles. The van der Waals surface area contributed by atoms with Gasteiger partial charge in [-0.3, -0.25) is 0 Å². The number of hydrogen-bond donors (Lipinski definition) is 4. The van der Waals surface area contributed by atoms with E-state index < -0.39 is 43.7 Å². The Morgan fingerprint density at radius 1 is 0.514 bits per heavy atom. The van der Waals surface area contributed by atoms with Gasteiger partial charge in [0.15, 0.2) is 0 Å². The van der Waals surface area contributed by atoms with Crippen LogP contribution in [0.25, 0.3) is 0 Å². The Balaban J connectivity index is 1.79. The first-order valence-electron chi connectivity index (χ1n) is 11.7. The summed E-state index contributed by atoms with van der Waals surface area (Å²) in [5.41, 5.74) is 2.60. The first-order chi connectivity index (χ1) is 17.1. The van der Waals surface area contributed by atoms with Crippen LogP contribution in [0.4, 0.5) is 0 Å². The lowest BCUT2D eigenvalue weighted by molar-refractivity contribution is -0.199. The predicted molar refractivity (Wildman–Crippen MR) is 131 cm³/mol. The number of aliphatic hydroxyl groups excluding tert-OH is 4. The quantitative estimate of drug-likeness (QED) is 0.264. The van der Waals surface area contributed by atoms with Crippen LogP contribution in [0.3, 0.4) is 0 Å². The van der Waals surface area contributed by atoms with Gasteiger partial charge < -0.3 is 34.6 Å². The molecule has 0 fully saturated rings. The van der Waals surface area contributed by atoms with Crippen molar-refractivity contribution in [1.82, 2.24) is 0 Å². The van der Waals surface area contributed by atoms with Gasteiger partial charge in [0.25, 0.3) is 0 Å². The monoisotopic (exact) mass is 482 g/mol. The molecule has 7 nitrogen and oxygen atoms in total. The Morgan fingerprint density at radius 3 is 1.31 bits per heavy atom. The van der Waals surface area contributed by atoms with Crippen LogP contribution in [0.5, 0.6) is 0 Å². The van der Waals surface area contributed by atoms with Crippen molar-refractivity contribution in [2.24, 2.45) is 0 Å². The zero-order valence-electron chi connectivity index (χ0n) is 19.6. The summed E-state index contributed by atoms with van der Waals surface area (Å²) in [5.74, 6) is 0. The molecular formula is C28H34O7. The molecule has 7 heteroatoms. The first kappa shape index (κ1) is 27.0. The van der Waals surface area contributed by atoms with E-state index in [1.807, 2.05) is 91.0 Å². The van der Waals surface area contributed by atoms with Crippen LogP contribution < -0.4 is 0 Å². The van der Waals surface area contributed by atoms with E-state index >= 15 is 0 Å². The van der Waals surface area contributed by atoms with Crippen LogP contribution in [-0.4, -0.2) is 64.2 Å². The second kappa shape index (κ2) is 14.7. The fourth-order valence-corrected chi connectivity index (χ4v) is 3.70. The zero-order chi connectivity index (χ0) is 24.9. The van der Waals surface area contributed by atoms with Gasteiger partial charge in [-0.2, -0.15) is 0 Å². The van der Waals surface area contributed by atoms with Crippen LogP contribution in [-0.2, 0) is 34.0 Å². The lowest BCUT2D eigenvalue weighted by atomic mass is 9.98. The Kier molecular flexibility index (Phi) is 11.3. The van der Waals surface area contributed by atoms with Crippen LogP contribution in [0, 0.1) is 0 Å². The second-order valence-electron chi connectivity index (χ2n) is 8.28. The minimum atomic E-state index is -1.35. The smallest absolute Gasteiger partial charge is 0.115 e. The van der Waals surface area contributed by atoms with Gasteiger partial charge in [-0.25, -0.2) is 0 Å². The number of rotatable bonds is 15. The molecule has 3 aromatic rings. The van der Waals surface area contributed by atoms with E-state index in [4.69, 9.17) is 14.2 Å². The molecule has 1 unspecified atom stereocenters. The zero-order valence-corrected chi connectivity index (χ0v) is 19.6. The Bertz CT molecular complexity index is 939. The van der Waals surface area contributed by atoms with Crippen molar-refractivity contribution < 1.29 is 34.6 Å². The summed E-state index contributed by atoms with van der Waals surface area (Å²) in [7, 11) is 0. The molecule has 0 aliphatic rings. The highest BCUT2D eigenvalue weighted by molar-refractivity contribution is 5.15. The molecule has 0 amide bonds. The van der Waals surface area contributed by atoms with Crippen molar-refractivity contribution in [2.75, 3.05) is 13.2 Å². The summed E-state index contributed by atoms with van der Waals surface area (Å²) >= 11 is 0. The number of benzene rings is 3. The highest BCUT2D eigenvalue weighted by Crippen LogP contribution is 2.21. The molecular weight excluding hydrogens is 448 g/mol. The molecule has 3 aromatic carbocycles. The minimum Gasteiger partial charge on any atom is -0.394 e. The number of ether oxygens (including phenoxy) is 3. The van der Waals surface area contributed by atoms with E-state index in [1.54, 1.807) is 0 Å². The van der Waals surface area contributed by atoms with E-state index in [0.717, 1.165) is 16.7 Å². The summed E-state index contributed by atoms with van der Waals surface area (Å²) in [6, 6.07) is 28.1. The maximum absolute atomic E-state index is 11.3. The van der Waals surface area contributed by atoms with E-state index in [0.29, 0.717) is 0 Å². The van der Waals surface area contributed by atoms with Crippen molar-refractivity contribution in [2.45, 2.75) is 50.3 Å². The summed E-state index contributed by atoms with van der Waals surface area (Å²) < 4.78 is 17.9. The van der Waals surface area contributed by atoms with Crippen molar-refractivity contribution in [3.63, 3.8) is 0 Å². The maximum Gasteiger partial charge on any atom is 0.115 e. The van der Waals surface area contributed by atoms with E-state index in [9.17, 15) is 20.4 Å². The molecule has 0 radical (unpaired) electrons. The second-order valence-corrected chi connectivity index (χ2v) is 8.28. The van der Waals surface area contributed by atoms with Crippen molar-refractivity contribution in [3.8, 4) is 0 Å². The van der Waals surface area contributed by atoms with Crippen LogP contribution in [0.15, 0.2) is 91.0 Å². The molecule has 35 heavy (non-hydrogen) atoms. The van der Waals surface area contributed by atoms with Crippen molar-refractivity contribution >= 4 is 0 Å². The van der Waals surface area contributed by atoms with Gasteiger partial charge in [-0.15, -0.1) is 0 Å². The third-order valence-corrected chi connectivity index (χ3v) is 5.67. The maximum atomic E-state index is 11.3. The molecule has 188 valence electrons. The average molecular weight is 483 g/mol. The average Bonchev–Trinajstić information content (AvgIpc) is 2.92. The highest BCUT2D eigenvalue weighted by Gasteiger charge is 2.39. The third kappa shape index (κ3) is 8.52. The number of hydrogen-bond acceptors (Lipinski definition) is 7. The van der Waals surface area contributed by atoms with Gasteiger partial charge in [0, 0.05) is 0 Å². The minimum absolute atomic E-state index is 0.128. The first-order valence-corrected chi connectivity index (χ1v) is 11.7. The molecule has 0 spiro atoms. The van der Waals surface area contributed by atoms with Gasteiger partial charge in [0.05, 0.1) is 33.0 Å². The van der Waals surface area contributed by atoms with E-state index in [-0.39, 0.29) is 19.8 Å². The van der Waals surface area contributed by atoms with Crippen molar-refractivity contribution in [3.05, 3.63) is 108 Å². The molecule has 0 aliphatic carbocycles. The third-order valence-electron chi connectivity index (χ3n) is 5.67. The lowest BCUT2D eigenvalue weighted by Crippen LogP contribution is -2.53. The summed E-state index contributed by atoms with van der Waals surface area (Å²) in [5, 5.41) is 41.6. The van der Waals surface area contributed by atoms with Gasteiger partial charge in [-0.05, 0) is 16.7 Å². The Hall–Kier alpha value is -2.62. The summed E-state index contributed by atoms with van der Waals surface area (Å²) in [6.07, 6.45) is -5.89. The molecule has 0 aliphatic heterocycles. The molecule has 0 bridgehead atoms. The topological polar surface area (TPSA) is 109 Å². The predicted octanol–water partition coefficient (Wildman–Crippen LogP) is 2.45.